The van der Waals surface area contributed by atoms with Crippen LogP contribution in [0.2, 0.25) is 5.02 Å². The molecule has 0 radical (unpaired) electrons. The van der Waals surface area contributed by atoms with Gasteiger partial charge in [-0.1, -0.05) is 29.8 Å². The Kier molecular flexibility index (Phi) is 5.99. The van der Waals surface area contributed by atoms with Crippen molar-refractivity contribution in [1.29, 1.82) is 0 Å². The van der Waals surface area contributed by atoms with Crippen molar-refractivity contribution in [2.45, 2.75) is 39.3 Å². The number of carbonyl (C=O) groups is 1. The van der Waals surface area contributed by atoms with Crippen LogP contribution in [0.4, 0.5) is 16.4 Å². The van der Waals surface area contributed by atoms with Gasteiger partial charge in [-0.15, -0.1) is 0 Å². The summed E-state index contributed by atoms with van der Waals surface area (Å²) in [5, 5.41) is 3.99. The predicted octanol–water partition coefficient (Wildman–Crippen LogP) is 5.12. The van der Waals surface area contributed by atoms with E-state index >= 15 is 0 Å². The van der Waals surface area contributed by atoms with Crippen molar-refractivity contribution < 1.29 is 9.53 Å². The number of carbonyl (C=O) groups excluding carboxylic acids is 1. The third-order valence-electron chi connectivity index (χ3n) is 6.47. The summed E-state index contributed by atoms with van der Waals surface area (Å²) in [6, 6.07) is 13.1. The number of nitrogens with zero attached hydrogens (tertiary/aromatic N) is 6. The largest absolute Gasteiger partial charge is 0.444 e. The van der Waals surface area contributed by atoms with E-state index in [4.69, 9.17) is 16.3 Å². The molecule has 1 amide bonds. The third-order valence-corrected chi connectivity index (χ3v) is 6.79. The number of benzene rings is 2. The number of hydrogen-bond donors (Lipinski definition) is 1. The number of imidazole rings is 1. The van der Waals surface area contributed by atoms with Gasteiger partial charge in [-0.3, -0.25) is 9.20 Å². The second-order valence-electron chi connectivity index (χ2n) is 10.4. The number of aromatic nitrogens is 5. The fourth-order valence-corrected chi connectivity index (χ4v) is 4.92. The van der Waals surface area contributed by atoms with Crippen LogP contribution in [0.1, 0.15) is 31.9 Å². The molecule has 1 aliphatic heterocycles. The zero-order valence-corrected chi connectivity index (χ0v) is 22.4. The summed E-state index contributed by atoms with van der Waals surface area (Å²) < 4.78 is 8.74. The molecule has 0 saturated carbocycles. The van der Waals surface area contributed by atoms with Crippen molar-refractivity contribution in [1.82, 2.24) is 28.8 Å². The van der Waals surface area contributed by atoms with Crippen LogP contribution in [0.3, 0.4) is 0 Å². The number of hydrogen-bond acceptors (Lipinski definition) is 7. The Morgan fingerprint density at radius 2 is 1.92 bits per heavy atom. The maximum absolute atomic E-state index is 13.5. The molecule has 1 aliphatic rings. The minimum absolute atomic E-state index is 0.320. The number of fused-ring (bicyclic) bond motifs is 4. The third kappa shape index (κ3) is 4.67. The van der Waals surface area contributed by atoms with Gasteiger partial charge in [0.05, 0.1) is 10.7 Å². The quantitative estimate of drug-likeness (QED) is 0.336. The van der Waals surface area contributed by atoms with E-state index in [-0.39, 0.29) is 11.7 Å². The monoisotopic (exact) mass is 543 g/mol. The fraction of sp³-hybridized carbons (Fsp3) is 0.250. The van der Waals surface area contributed by atoms with Crippen molar-refractivity contribution in [3.8, 4) is 5.69 Å². The van der Waals surface area contributed by atoms with Gasteiger partial charge in [0.2, 0.25) is 11.7 Å². The summed E-state index contributed by atoms with van der Waals surface area (Å²) >= 11 is 6.40. The number of nitrogens with one attached hydrogen (secondary N) is 1. The first-order valence-electron chi connectivity index (χ1n) is 12.5. The van der Waals surface area contributed by atoms with E-state index in [0.717, 1.165) is 17.7 Å². The molecular weight excluding hydrogens is 518 g/mol. The molecule has 0 saturated heterocycles. The normalized spacial score (nSPS) is 13.5. The second-order valence-corrected chi connectivity index (χ2v) is 10.8. The Hall–Kier alpha value is -4.44. The molecule has 0 unspecified atom stereocenters. The van der Waals surface area contributed by atoms with Gasteiger partial charge in [-0.2, -0.15) is 4.98 Å². The predicted molar refractivity (Wildman–Crippen MR) is 149 cm³/mol. The van der Waals surface area contributed by atoms with Gasteiger partial charge in [-0.25, -0.2) is 19.3 Å². The van der Waals surface area contributed by atoms with E-state index in [1.165, 1.54) is 16.3 Å². The minimum Gasteiger partial charge on any atom is -0.444 e. The minimum atomic E-state index is -0.550. The van der Waals surface area contributed by atoms with E-state index in [9.17, 15) is 9.59 Å². The first-order chi connectivity index (χ1) is 18.7. The van der Waals surface area contributed by atoms with Gasteiger partial charge >= 0.3 is 6.09 Å². The van der Waals surface area contributed by atoms with Crippen LogP contribution in [0.15, 0.2) is 65.8 Å². The van der Waals surface area contributed by atoms with Crippen LogP contribution < -0.4 is 10.9 Å². The van der Waals surface area contributed by atoms with Crippen LogP contribution >= 0.6 is 11.6 Å². The molecule has 3 aromatic heterocycles. The van der Waals surface area contributed by atoms with Crippen molar-refractivity contribution >= 4 is 46.1 Å². The van der Waals surface area contributed by atoms with Crippen LogP contribution in [0.25, 0.3) is 22.5 Å². The highest BCUT2D eigenvalue weighted by Crippen LogP contribution is 2.26. The van der Waals surface area contributed by atoms with Gasteiger partial charge in [-0.05, 0) is 62.6 Å². The molecule has 1 N–H and O–H groups in total. The lowest BCUT2D eigenvalue weighted by Crippen LogP contribution is -2.39. The summed E-state index contributed by atoms with van der Waals surface area (Å²) in [5.74, 6) is 0.716. The number of halogens is 1. The molecule has 10 nitrogen and oxygen atoms in total. The lowest BCUT2D eigenvalue weighted by Gasteiger charge is -2.31. The van der Waals surface area contributed by atoms with E-state index in [1.54, 1.807) is 39.9 Å². The summed E-state index contributed by atoms with van der Waals surface area (Å²) in [4.78, 5) is 41.3. The van der Waals surface area contributed by atoms with Crippen LogP contribution in [0, 0.1) is 0 Å². The smallest absolute Gasteiger partial charge is 0.410 e. The lowest BCUT2D eigenvalue weighted by atomic mass is 9.99. The molecule has 198 valence electrons. The second kappa shape index (κ2) is 9.39. The SMILES string of the molecule is CC(C)(C)OC(=O)N1CCc2ccc(Nc3ncc4c(=O)n(-c5ccccc5Cl)c5nccn5c4n3)cc2C1. The van der Waals surface area contributed by atoms with Gasteiger partial charge in [0.15, 0.2) is 5.65 Å². The average Bonchev–Trinajstić information content (AvgIpc) is 3.38. The number of ether oxygens (including phenoxy) is 1. The summed E-state index contributed by atoms with van der Waals surface area (Å²) in [5.41, 5.74) is 3.05. The standard InChI is InChI=1S/C28H26ClN7O3/c1-28(2,3)39-27(38)34-12-10-17-8-9-19(14-18(17)16-34)32-25-31-15-20-23(33-25)35-13-11-30-26(35)36(24(20)37)22-7-5-4-6-21(22)29/h4-9,11,13-15H,10,12,16H2,1-3H3,(H,31,32,33). The average molecular weight is 544 g/mol. The Balaban J connectivity index is 1.33. The summed E-state index contributed by atoms with van der Waals surface area (Å²) in [6.07, 6.45) is 5.28. The molecule has 5 aromatic rings. The number of amides is 1. The van der Waals surface area contributed by atoms with Crippen molar-refractivity contribution in [3.05, 3.63) is 87.6 Å². The molecule has 0 aliphatic carbocycles. The Morgan fingerprint density at radius 1 is 1.10 bits per heavy atom. The van der Waals surface area contributed by atoms with E-state index in [2.05, 4.69) is 20.3 Å². The number of para-hydroxylation sites is 1. The highest BCUT2D eigenvalue weighted by molar-refractivity contribution is 6.32. The number of anilines is 2. The topological polar surface area (TPSA) is 107 Å². The van der Waals surface area contributed by atoms with E-state index in [1.807, 2.05) is 45.0 Å². The molecule has 6 rings (SSSR count). The van der Waals surface area contributed by atoms with Crippen LogP contribution in [-0.4, -0.2) is 47.1 Å². The van der Waals surface area contributed by atoms with Crippen molar-refractivity contribution in [2.24, 2.45) is 0 Å². The van der Waals surface area contributed by atoms with E-state index in [0.29, 0.717) is 46.6 Å². The maximum Gasteiger partial charge on any atom is 0.410 e. The van der Waals surface area contributed by atoms with Gasteiger partial charge < -0.3 is 15.0 Å². The highest BCUT2D eigenvalue weighted by Gasteiger charge is 2.26. The maximum atomic E-state index is 13.5. The molecule has 0 fully saturated rings. The van der Waals surface area contributed by atoms with Gasteiger partial charge in [0.1, 0.15) is 11.0 Å². The molecule has 0 spiro atoms. The number of rotatable bonds is 3. The molecule has 0 atom stereocenters. The van der Waals surface area contributed by atoms with Crippen molar-refractivity contribution in [2.75, 3.05) is 11.9 Å². The first kappa shape index (κ1) is 24.9. The molecular formula is C28H26ClN7O3. The Labute approximate surface area is 228 Å². The fourth-order valence-electron chi connectivity index (χ4n) is 4.70. The molecule has 39 heavy (non-hydrogen) atoms. The lowest BCUT2D eigenvalue weighted by molar-refractivity contribution is 0.0224. The highest BCUT2D eigenvalue weighted by atomic mass is 35.5. The Bertz CT molecular complexity index is 1810. The zero-order chi connectivity index (χ0) is 27.3. The van der Waals surface area contributed by atoms with Crippen molar-refractivity contribution in [3.63, 3.8) is 0 Å². The molecule has 4 heterocycles. The van der Waals surface area contributed by atoms with Crippen LogP contribution in [-0.2, 0) is 17.7 Å². The summed E-state index contributed by atoms with van der Waals surface area (Å²) in [6.45, 7) is 6.64. The molecule has 2 aromatic carbocycles. The first-order valence-corrected chi connectivity index (χ1v) is 12.9. The zero-order valence-electron chi connectivity index (χ0n) is 21.7. The summed E-state index contributed by atoms with van der Waals surface area (Å²) in [7, 11) is 0. The van der Waals surface area contributed by atoms with E-state index < -0.39 is 5.60 Å². The molecule has 11 heteroatoms. The van der Waals surface area contributed by atoms with Gasteiger partial charge in [0.25, 0.3) is 5.56 Å². The van der Waals surface area contributed by atoms with Gasteiger partial charge in [0, 0.05) is 37.4 Å². The Morgan fingerprint density at radius 3 is 2.72 bits per heavy atom. The molecule has 0 bridgehead atoms. The van der Waals surface area contributed by atoms with Crippen LogP contribution in [0.5, 0.6) is 0 Å².